The van der Waals surface area contributed by atoms with Crippen LogP contribution in [0.3, 0.4) is 0 Å². The van der Waals surface area contributed by atoms with Gasteiger partial charge >= 0.3 is 5.97 Å². The second-order valence-corrected chi connectivity index (χ2v) is 3.28. The minimum absolute atomic E-state index is 0.309. The average molecular weight is 233 g/mol. The van der Waals surface area contributed by atoms with E-state index in [1.165, 1.54) is 6.92 Å². The van der Waals surface area contributed by atoms with E-state index >= 15 is 0 Å². The summed E-state index contributed by atoms with van der Waals surface area (Å²) in [6, 6.07) is -0.912. The van der Waals surface area contributed by atoms with Crippen LogP contribution in [0.2, 0.25) is 0 Å². The van der Waals surface area contributed by atoms with E-state index in [2.05, 4.69) is 5.32 Å². The summed E-state index contributed by atoms with van der Waals surface area (Å²) in [6.07, 6.45) is -0.678. The molecule has 0 radical (unpaired) electrons. The van der Waals surface area contributed by atoms with Crippen molar-refractivity contribution < 1.29 is 24.2 Å². The van der Waals surface area contributed by atoms with Crippen LogP contribution in [0.15, 0.2) is 0 Å². The van der Waals surface area contributed by atoms with Gasteiger partial charge in [0, 0.05) is 6.61 Å². The van der Waals surface area contributed by atoms with Gasteiger partial charge in [-0.15, -0.1) is 0 Å². The maximum atomic E-state index is 11.4. The van der Waals surface area contributed by atoms with E-state index in [4.69, 9.17) is 14.6 Å². The number of carboxylic acids is 1. The molecule has 0 spiro atoms. The van der Waals surface area contributed by atoms with E-state index in [1.807, 2.05) is 6.92 Å². The van der Waals surface area contributed by atoms with Gasteiger partial charge in [-0.3, -0.25) is 9.59 Å². The Morgan fingerprint density at radius 1 is 1.31 bits per heavy atom. The molecule has 2 N–H and O–H groups in total. The predicted octanol–water partition coefficient (Wildman–Crippen LogP) is 0.0173. The quantitative estimate of drug-likeness (QED) is 0.577. The number of carbonyl (C=O) groups excluding carboxylic acids is 1. The van der Waals surface area contributed by atoms with Crippen LogP contribution in [0.25, 0.3) is 0 Å². The Hall–Kier alpha value is -1.14. The van der Waals surface area contributed by atoms with E-state index in [0.717, 1.165) is 0 Å². The first-order chi connectivity index (χ1) is 7.49. The van der Waals surface area contributed by atoms with Crippen LogP contribution in [0.1, 0.15) is 20.8 Å². The lowest BCUT2D eigenvalue weighted by Gasteiger charge is -2.15. The van der Waals surface area contributed by atoms with Crippen LogP contribution >= 0.6 is 0 Å². The van der Waals surface area contributed by atoms with Gasteiger partial charge in [0.15, 0.2) is 0 Å². The first-order valence-electron chi connectivity index (χ1n) is 5.21. The molecule has 1 unspecified atom stereocenters. The standard InChI is InChI=1S/C10H19NO5/c1-4-15-5-6-16-8(3)9(12)11-7(2)10(13)14/h7-8H,4-6H2,1-3H3,(H,11,12)(H,13,14)/t7-,8?/m0/s1. The Morgan fingerprint density at radius 2 is 1.94 bits per heavy atom. The topological polar surface area (TPSA) is 84.9 Å². The fourth-order valence-electron chi connectivity index (χ4n) is 0.896. The molecule has 0 aliphatic rings. The zero-order valence-electron chi connectivity index (χ0n) is 9.86. The second-order valence-electron chi connectivity index (χ2n) is 3.28. The Labute approximate surface area is 94.9 Å². The summed E-state index contributed by atoms with van der Waals surface area (Å²) in [5.74, 6) is -1.51. The highest BCUT2D eigenvalue weighted by Crippen LogP contribution is 1.93. The number of carbonyl (C=O) groups is 2. The molecule has 0 saturated carbocycles. The normalized spacial score (nSPS) is 14.2. The molecule has 0 aromatic heterocycles. The van der Waals surface area contributed by atoms with Gasteiger partial charge in [0.25, 0.3) is 0 Å². The summed E-state index contributed by atoms with van der Waals surface area (Å²) < 4.78 is 10.2. The van der Waals surface area contributed by atoms with Crippen LogP contribution < -0.4 is 5.32 Å². The van der Waals surface area contributed by atoms with Crippen molar-refractivity contribution in [1.29, 1.82) is 0 Å². The molecular formula is C10H19NO5. The van der Waals surface area contributed by atoms with Gasteiger partial charge in [-0.25, -0.2) is 0 Å². The third-order valence-corrected chi connectivity index (χ3v) is 1.90. The van der Waals surface area contributed by atoms with Crippen molar-refractivity contribution in [2.75, 3.05) is 19.8 Å². The molecule has 94 valence electrons. The molecule has 6 heteroatoms. The highest BCUT2D eigenvalue weighted by atomic mass is 16.5. The number of hydrogen-bond donors (Lipinski definition) is 2. The molecule has 1 amide bonds. The van der Waals surface area contributed by atoms with Crippen molar-refractivity contribution in [3.05, 3.63) is 0 Å². The molecule has 0 aromatic carbocycles. The fourth-order valence-corrected chi connectivity index (χ4v) is 0.896. The van der Waals surface area contributed by atoms with Gasteiger partial charge in [0.2, 0.25) is 5.91 Å². The van der Waals surface area contributed by atoms with Gasteiger partial charge in [-0.2, -0.15) is 0 Å². The van der Waals surface area contributed by atoms with Crippen molar-refractivity contribution in [1.82, 2.24) is 5.32 Å². The summed E-state index contributed by atoms with van der Waals surface area (Å²) >= 11 is 0. The van der Waals surface area contributed by atoms with Crippen LogP contribution in [-0.4, -0.2) is 48.9 Å². The summed E-state index contributed by atoms with van der Waals surface area (Å²) in [5.41, 5.74) is 0. The van der Waals surface area contributed by atoms with Crippen molar-refractivity contribution in [3.63, 3.8) is 0 Å². The first-order valence-corrected chi connectivity index (χ1v) is 5.21. The lowest BCUT2D eigenvalue weighted by atomic mass is 10.3. The molecule has 0 aromatic rings. The van der Waals surface area contributed by atoms with Crippen molar-refractivity contribution in [3.8, 4) is 0 Å². The Kier molecular flexibility index (Phi) is 7.49. The number of amides is 1. The summed E-state index contributed by atoms with van der Waals surface area (Å²) in [7, 11) is 0. The number of aliphatic carboxylic acids is 1. The predicted molar refractivity (Wildman–Crippen MR) is 57.1 cm³/mol. The average Bonchev–Trinajstić information content (AvgIpc) is 2.23. The molecule has 0 saturated heterocycles. The van der Waals surface area contributed by atoms with Gasteiger partial charge in [0.05, 0.1) is 13.2 Å². The summed E-state index contributed by atoms with van der Waals surface area (Å²) in [4.78, 5) is 21.9. The van der Waals surface area contributed by atoms with E-state index in [9.17, 15) is 9.59 Å². The van der Waals surface area contributed by atoms with Crippen LogP contribution in [0.5, 0.6) is 0 Å². The molecule has 0 bridgehead atoms. The molecule has 0 heterocycles. The van der Waals surface area contributed by atoms with Gasteiger partial charge in [0.1, 0.15) is 12.1 Å². The zero-order chi connectivity index (χ0) is 12.6. The van der Waals surface area contributed by atoms with E-state index in [0.29, 0.717) is 19.8 Å². The smallest absolute Gasteiger partial charge is 0.325 e. The molecule has 2 atom stereocenters. The molecule has 0 rings (SSSR count). The summed E-state index contributed by atoms with van der Waals surface area (Å²) in [5, 5.41) is 10.9. The van der Waals surface area contributed by atoms with Crippen LogP contribution in [-0.2, 0) is 19.1 Å². The molecule has 0 fully saturated rings. The number of rotatable bonds is 8. The minimum atomic E-state index is -1.07. The van der Waals surface area contributed by atoms with Crippen LogP contribution in [0, 0.1) is 0 Å². The molecule has 0 aliphatic carbocycles. The maximum Gasteiger partial charge on any atom is 0.325 e. The lowest BCUT2D eigenvalue weighted by molar-refractivity contribution is -0.143. The maximum absolute atomic E-state index is 11.4. The van der Waals surface area contributed by atoms with Crippen LogP contribution in [0.4, 0.5) is 0 Å². The Bertz CT molecular complexity index is 231. The number of hydrogen-bond acceptors (Lipinski definition) is 4. The van der Waals surface area contributed by atoms with Crippen molar-refractivity contribution in [2.24, 2.45) is 0 Å². The third kappa shape index (κ3) is 6.36. The number of ether oxygens (including phenoxy) is 2. The highest BCUT2D eigenvalue weighted by Gasteiger charge is 2.18. The van der Waals surface area contributed by atoms with Gasteiger partial charge in [-0.05, 0) is 20.8 Å². The van der Waals surface area contributed by atoms with E-state index < -0.39 is 24.0 Å². The highest BCUT2D eigenvalue weighted by molar-refractivity contribution is 5.85. The lowest BCUT2D eigenvalue weighted by Crippen LogP contribution is -2.43. The zero-order valence-corrected chi connectivity index (χ0v) is 9.86. The molecular weight excluding hydrogens is 214 g/mol. The SMILES string of the molecule is CCOCCOC(C)C(=O)N[C@@H](C)C(=O)O. The number of nitrogens with one attached hydrogen (secondary N) is 1. The fraction of sp³-hybridized carbons (Fsp3) is 0.800. The molecule has 16 heavy (non-hydrogen) atoms. The van der Waals surface area contributed by atoms with Crippen molar-refractivity contribution in [2.45, 2.75) is 32.9 Å². The molecule has 6 nitrogen and oxygen atoms in total. The second kappa shape index (κ2) is 8.06. The van der Waals surface area contributed by atoms with E-state index in [-0.39, 0.29) is 0 Å². The summed E-state index contributed by atoms with van der Waals surface area (Å²) in [6.45, 7) is 6.15. The molecule has 0 aliphatic heterocycles. The number of carboxylic acid groups (broad SMARTS) is 1. The largest absolute Gasteiger partial charge is 0.480 e. The van der Waals surface area contributed by atoms with Crippen molar-refractivity contribution >= 4 is 11.9 Å². The first kappa shape index (κ1) is 14.9. The van der Waals surface area contributed by atoms with Gasteiger partial charge in [-0.1, -0.05) is 0 Å². The van der Waals surface area contributed by atoms with E-state index in [1.54, 1.807) is 6.92 Å². The Morgan fingerprint density at radius 3 is 2.44 bits per heavy atom. The third-order valence-electron chi connectivity index (χ3n) is 1.90. The van der Waals surface area contributed by atoms with Gasteiger partial charge < -0.3 is 19.9 Å². The Balaban J connectivity index is 3.77. The minimum Gasteiger partial charge on any atom is -0.480 e. The monoisotopic (exact) mass is 233 g/mol.